The van der Waals surface area contributed by atoms with Crippen LogP contribution in [0.1, 0.15) is 45.4 Å². The summed E-state index contributed by atoms with van der Waals surface area (Å²) in [5.41, 5.74) is 0.282. The van der Waals surface area contributed by atoms with Crippen LogP contribution in [0, 0.1) is 17.8 Å². The summed E-state index contributed by atoms with van der Waals surface area (Å²) in [7, 11) is 0. The molecule has 3 aliphatic rings. The molecule has 1 N–H and O–H groups in total. The predicted molar refractivity (Wildman–Crippen MR) is 82.7 cm³/mol. The van der Waals surface area contributed by atoms with Gasteiger partial charge in [0.1, 0.15) is 0 Å². The molecule has 3 heteroatoms. The van der Waals surface area contributed by atoms with Gasteiger partial charge in [0.05, 0.1) is 5.60 Å². The van der Waals surface area contributed by atoms with Gasteiger partial charge in [0.15, 0.2) is 0 Å². The average molecular weight is 283 g/mol. The number of hydrogen-bond donors (Lipinski definition) is 1. The van der Waals surface area contributed by atoms with Gasteiger partial charge in [0.25, 0.3) is 0 Å². The zero-order chi connectivity index (χ0) is 13.1. The van der Waals surface area contributed by atoms with Crippen molar-refractivity contribution in [3.63, 3.8) is 0 Å². The summed E-state index contributed by atoms with van der Waals surface area (Å²) < 4.78 is 6.17. The van der Waals surface area contributed by atoms with Crippen molar-refractivity contribution in [2.75, 3.05) is 31.2 Å². The lowest BCUT2D eigenvalue weighted by atomic mass is 9.63. The lowest BCUT2D eigenvalue weighted by Crippen LogP contribution is -2.47. The maximum atomic E-state index is 6.17. The van der Waals surface area contributed by atoms with Crippen molar-refractivity contribution < 1.29 is 4.74 Å². The second-order valence-corrected chi connectivity index (χ2v) is 7.90. The Kier molecular flexibility index (Phi) is 4.76. The molecule has 3 rings (SSSR count). The standard InChI is InChI=1S/C16H29NOS/c1-2-7-17-11-14-3-4-15(14)13-5-8-18-16(10-13)6-9-19-12-16/h13-15,17H,2-12H2,1H3. The molecule has 0 aromatic heterocycles. The number of nitrogens with one attached hydrogen (secondary N) is 1. The Morgan fingerprint density at radius 1 is 1.32 bits per heavy atom. The molecule has 2 nitrogen and oxygen atoms in total. The highest BCUT2D eigenvalue weighted by Crippen LogP contribution is 2.49. The van der Waals surface area contributed by atoms with E-state index in [-0.39, 0.29) is 5.60 Å². The van der Waals surface area contributed by atoms with Crippen LogP contribution in [0.25, 0.3) is 0 Å². The maximum Gasteiger partial charge on any atom is 0.0783 e. The quantitative estimate of drug-likeness (QED) is 0.782. The van der Waals surface area contributed by atoms with E-state index < -0.39 is 0 Å². The summed E-state index contributed by atoms with van der Waals surface area (Å²) in [6.45, 7) is 5.73. The molecule has 3 fully saturated rings. The van der Waals surface area contributed by atoms with Gasteiger partial charge in [-0.05, 0) is 75.1 Å². The number of ether oxygens (including phenoxy) is 1. The van der Waals surface area contributed by atoms with Gasteiger partial charge in [0, 0.05) is 12.4 Å². The summed E-state index contributed by atoms with van der Waals surface area (Å²) in [5, 5.41) is 3.63. The Morgan fingerprint density at radius 2 is 2.26 bits per heavy atom. The summed E-state index contributed by atoms with van der Waals surface area (Å²) in [6.07, 6.45) is 8.18. The maximum absolute atomic E-state index is 6.17. The number of rotatable bonds is 5. The van der Waals surface area contributed by atoms with E-state index in [1.807, 2.05) is 0 Å². The van der Waals surface area contributed by atoms with E-state index in [4.69, 9.17) is 4.74 Å². The van der Waals surface area contributed by atoms with Crippen molar-refractivity contribution >= 4 is 11.8 Å². The molecule has 19 heavy (non-hydrogen) atoms. The van der Waals surface area contributed by atoms with Crippen molar-refractivity contribution in [2.24, 2.45) is 17.8 Å². The van der Waals surface area contributed by atoms with Crippen LogP contribution in [0.2, 0.25) is 0 Å². The molecule has 0 bridgehead atoms. The van der Waals surface area contributed by atoms with Crippen molar-refractivity contribution in [3.8, 4) is 0 Å². The van der Waals surface area contributed by atoms with E-state index in [0.29, 0.717) is 0 Å². The highest BCUT2D eigenvalue weighted by atomic mass is 32.2. The first-order chi connectivity index (χ1) is 9.33. The predicted octanol–water partition coefficient (Wildman–Crippen LogP) is 3.31. The molecule has 0 aromatic carbocycles. The first-order valence-corrected chi connectivity index (χ1v) is 9.41. The van der Waals surface area contributed by atoms with E-state index in [9.17, 15) is 0 Å². The zero-order valence-electron chi connectivity index (χ0n) is 12.3. The first-order valence-electron chi connectivity index (χ1n) is 8.25. The molecule has 0 amide bonds. The van der Waals surface area contributed by atoms with Crippen molar-refractivity contribution in [2.45, 2.75) is 51.0 Å². The van der Waals surface area contributed by atoms with Gasteiger partial charge < -0.3 is 10.1 Å². The van der Waals surface area contributed by atoms with Crippen LogP contribution in [-0.4, -0.2) is 36.8 Å². The Hall–Kier alpha value is 0.270. The molecule has 1 spiro atoms. The normalized spacial score (nSPS) is 42.5. The van der Waals surface area contributed by atoms with Gasteiger partial charge in [0.2, 0.25) is 0 Å². The summed E-state index contributed by atoms with van der Waals surface area (Å²) in [6, 6.07) is 0. The average Bonchev–Trinajstić information content (AvgIpc) is 2.81. The molecule has 2 aliphatic heterocycles. The fourth-order valence-electron chi connectivity index (χ4n) is 4.23. The van der Waals surface area contributed by atoms with Gasteiger partial charge in [-0.3, -0.25) is 0 Å². The van der Waals surface area contributed by atoms with E-state index in [0.717, 1.165) is 24.4 Å². The minimum absolute atomic E-state index is 0.282. The van der Waals surface area contributed by atoms with Gasteiger partial charge in [-0.25, -0.2) is 0 Å². The van der Waals surface area contributed by atoms with E-state index in [2.05, 4.69) is 24.0 Å². The van der Waals surface area contributed by atoms with Gasteiger partial charge in [-0.1, -0.05) is 6.92 Å². The van der Waals surface area contributed by atoms with Gasteiger partial charge in [-0.15, -0.1) is 0 Å². The second-order valence-electron chi connectivity index (χ2n) is 6.79. The summed E-state index contributed by atoms with van der Waals surface area (Å²) in [4.78, 5) is 0. The van der Waals surface area contributed by atoms with Crippen molar-refractivity contribution in [3.05, 3.63) is 0 Å². The smallest absolute Gasteiger partial charge is 0.0783 e. The molecule has 0 radical (unpaired) electrons. The first kappa shape index (κ1) is 14.2. The van der Waals surface area contributed by atoms with Crippen LogP contribution >= 0.6 is 11.8 Å². The van der Waals surface area contributed by atoms with Crippen LogP contribution in [0.5, 0.6) is 0 Å². The van der Waals surface area contributed by atoms with Crippen LogP contribution in [0.15, 0.2) is 0 Å². The molecule has 1 aliphatic carbocycles. The molecular weight excluding hydrogens is 254 g/mol. The molecule has 4 unspecified atom stereocenters. The summed E-state index contributed by atoms with van der Waals surface area (Å²) in [5.74, 6) is 5.49. The number of thioether (sulfide) groups is 1. The molecule has 110 valence electrons. The Morgan fingerprint density at radius 3 is 2.95 bits per heavy atom. The third kappa shape index (κ3) is 3.14. The van der Waals surface area contributed by atoms with Crippen LogP contribution in [0.4, 0.5) is 0 Å². The number of hydrogen-bond acceptors (Lipinski definition) is 3. The third-order valence-corrected chi connectivity index (χ3v) is 6.74. The Labute approximate surface area is 122 Å². The summed E-state index contributed by atoms with van der Waals surface area (Å²) >= 11 is 2.10. The minimum atomic E-state index is 0.282. The monoisotopic (exact) mass is 283 g/mol. The fraction of sp³-hybridized carbons (Fsp3) is 1.00. The largest absolute Gasteiger partial charge is 0.374 e. The van der Waals surface area contributed by atoms with Gasteiger partial charge >= 0.3 is 0 Å². The van der Waals surface area contributed by atoms with E-state index >= 15 is 0 Å². The van der Waals surface area contributed by atoms with Crippen molar-refractivity contribution in [1.82, 2.24) is 5.32 Å². The van der Waals surface area contributed by atoms with Gasteiger partial charge in [-0.2, -0.15) is 11.8 Å². The molecule has 2 heterocycles. The Bertz CT molecular complexity index is 290. The third-order valence-electron chi connectivity index (χ3n) is 5.51. The lowest BCUT2D eigenvalue weighted by Gasteiger charge is -2.48. The van der Waals surface area contributed by atoms with E-state index in [1.54, 1.807) is 0 Å². The van der Waals surface area contributed by atoms with Crippen LogP contribution in [0.3, 0.4) is 0 Å². The van der Waals surface area contributed by atoms with E-state index in [1.165, 1.54) is 63.1 Å². The molecular formula is C16H29NOS. The van der Waals surface area contributed by atoms with Crippen LogP contribution in [-0.2, 0) is 4.74 Å². The fourth-order valence-corrected chi connectivity index (χ4v) is 5.61. The molecule has 4 atom stereocenters. The lowest BCUT2D eigenvalue weighted by molar-refractivity contribution is -0.103. The minimum Gasteiger partial charge on any atom is -0.374 e. The zero-order valence-corrected chi connectivity index (χ0v) is 13.1. The topological polar surface area (TPSA) is 21.3 Å². The SMILES string of the molecule is CCCNCC1CCC1C1CCOC2(CCSC2)C1. The molecule has 2 saturated heterocycles. The second kappa shape index (κ2) is 6.36. The highest BCUT2D eigenvalue weighted by Gasteiger charge is 2.45. The van der Waals surface area contributed by atoms with Crippen LogP contribution < -0.4 is 5.32 Å². The molecule has 0 aromatic rings. The molecule has 1 saturated carbocycles. The highest BCUT2D eigenvalue weighted by molar-refractivity contribution is 7.99. The van der Waals surface area contributed by atoms with Crippen molar-refractivity contribution in [1.29, 1.82) is 0 Å². The Balaban J connectivity index is 1.51.